The molecule has 26 heavy (non-hydrogen) atoms. The van der Waals surface area contributed by atoms with E-state index in [-0.39, 0.29) is 11.4 Å². The summed E-state index contributed by atoms with van der Waals surface area (Å²) in [6.07, 6.45) is 0. The third kappa shape index (κ3) is 2.86. The third-order valence-electron chi connectivity index (χ3n) is 4.03. The Kier molecular flexibility index (Phi) is 4.00. The van der Waals surface area contributed by atoms with Crippen molar-refractivity contribution >= 4 is 33.0 Å². The van der Waals surface area contributed by atoms with E-state index in [0.29, 0.717) is 27.8 Å². The molecule has 0 saturated heterocycles. The molecule has 0 atom stereocenters. The highest BCUT2D eigenvalue weighted by Crippen LogP contribution is 2.24. The van der Waals surface area contributed by atoms with E-state index in [2.05, 4.69) is 15.1 Å². The average molecular weight is 366 g/mol. The van der Waals surface area contributed by atoms with E-state index >= 15 is 0 Å². The molecule has 0 aliphatic heterocycles. The maximum absolute atomic E-state index is 13.0. The summed E-state index contributed by atoms with van der Waals surface area (Å²) in [5.41, 5.74) is 3.01. The van der Waals surface area contributed by atoms with Gasteiger partial charge in [-0.25, -0.2) is 9.37 Å². The maximum atomic E-state index is 13.0. The molecule has 4 aromatic rings. The number of nitrogens with one attached hydrogen (secondary N) is 1. The fraction of sp³-hybridized carbons (Fsp3) is 0.105. The molecular formula is C19H15FN4OS. The Labute approximate surface area is 152 Å². The molecule has 0 amide bonds. The molecule has 2 aromatic carbocycles. The van der Waals surface area contributed by atoms with E-state index in [1.165, 1.54) is 28.2 Å². The van der Waals surface area contributed by atoms with Crippen molar-refractivity contribution in [1.82, 2.24) is 14.8 Å². The smallest absolute Gasteiger partial charge is 0.282 e. The van der Waals surface area contributed by atoms with Gasteiger partial charge in [-0.05, 0) is 50.2 Å². The van der Waals surface area contributed by atoms with Crippen molar-refractivity contribution < 1.29 is 4.39 Å². The molecule has 130 valence electrons. The number of para-hydroxylation sites is 1. The molecule has 0 aliphatic rings. The summed E-state index contributed by atoms with van der Waals surface area (Å²) in [4.78, 5) is 21.9. The number of aromatic amines is 1. The van der Waals surface area contributed by atoms with Gasteiger partial charge >= 0.3 is 0 Å². The number of aromatic nitrogens is 3. The normalized spacial score (nSPS) is 12.0. The van der Waals surface area contributed by atoms with Gasteiger partial charge in [-0.2, -0.15) is 4.68 Å². The van der Waals surface area contributed by atoms with Crippen molar-refractivity contribution in [3.8, 4) is 5.13 Å². The SMILES string of the molecule is CC(=Nc1ccc(F)cc1)c1c(C)[nH]n(-c2nc3ccccc3s2)c1=O. The average Bonchev–Trinajstić information content (AvgIpc) is 3.17. The molecule has 0 spiro atoms. The summed E-state index contributed by atoms with van der Waals surface area (Å²) in [7, 11) is 0. The molecule has 4 rings (SSSR count). The Morgan fingerprint density at radius 2 is 1.92 bits per heavy atom. The van der Waals surface area contributed by atoms with Crippen molar-refractivity contribution in [2.45, 2.75) is 13.8 Å². The summed E-state index contributed by atoms with van der Waals surface area (Å²) >= 11 is 1.44. The van der Waals surface area contributed by atoms with Gasteiger partial charge in [0.25, 0.3) is 5.56 Å². The number of aryl methyl sites for hydroxylation is 1. The van der Waals surface area contributed by atoms with E-state index in [0.717, 1.165) is 10.2 Å². The first-order valence-electron chi connectivity index (χ1n) is 8.02. The maximum Gasteiger partial charge on any atom is 0.282 e. The summed E-state index contributed by atoms with van der Waals surface area (Å²) in [5, 5.41) is 3.66. The van der Waals surface area contributed by atoms with Crippen LogP contribution in [0.3, 0.4) is 0 Å². The quantitative estimate of drug-likeness (QED) is 0.548. The number of nitrogens with zero attached hydrogens (tertiary/aromatic N) is 3. The second-order valence-corrected chi connectivity index (χ2v) is 6.90. The molecule has 1 N–H and O–H groups in total. The number of aliphatic imine (C=N–C) groups is 1. The molecule has 0 aliphatic carbocycles. The Morgan fingerprint density at radius 1 is 1.19 bits per heavy atom. The van der Waals surface area contributed by atoms with Crippen LogP contribution in [-0.4, -0.2) is 20.5 Å². The molecule has 2 heterocycles. The Bertz CT molecular complexity index is 1150. The van der Waals surface area contributed by atoms with Crippen molar-refractivity contribution in [1.29, 1.82) is 0 Å². The number of fused-ring (bicyclic) bond motifs is 1. The topological polar surface area (TPSA) is 63.0 Å². The monoisotopic (exact) mass is 366 g/mol. The van der Waals surface area contributed by atoms with Crippen LogP contribution in [0.2, 0.25) is 0 Å². The van der Waals surface area contributed by atoms with Crippen LogP contribution in [0, 0.1) is 12.7 Å². The van der Waals surface area contributed by atoms with Gasteiger partial charge in [-0.3, -0.25) is 14.9 Å². The van der Waals surface area contributed by atoms with Crippen LogP contribution in [-0.2, 0) is 0 Å². The van der Waals surface area contributed by atoms with E-state index < -0.39 is 0 Å². The van der Waals surface area contributed by atoms with Crippen molar-refractivity contribution in [2.75, 3.05) is 0 Å². The lowest BCUT2D eigenvalue weighted by molar-refractivity contribution is 0.628. The van der Waals surface area contributed by atoms with Crippen LogP contribution in [0.1, 0.15) is 18.2 Å². The lowest BCUT2D eigenvalue weighted by Gasteiger charge is -1.98. The van der Waals surface area contributed by atoms with Crippen LogP contribution in [0.15, 0.2) is 58.3 Å². The van der Waals surface area contributed by atoms with Gasteiger partial charge in [-0.15, -0.1) is 0 Å². The van der Waals surface area contributed by atoms with Crippen molar-refractivity contribution in [3.05, 3.63) is 76.0 Å². The zero-order valence-corrected chi connectivity index (χ0v) is 15.0. The van der Waals surface area contributed by atoms with Crippen LogP contribution in [0.5, 0.6) is 0 Å². The summed E-state index contributed by atoms with van der Waals surface area (Å²) in [6, 6.07) is 13.6. The zero-order valence-electron chi connectivity index (χ0n) is 14.2. The molecule has 2 aromatic heterocycles. The van der Waals surface area contributed by atoms with Gasteiger partial charge < -0.3 is 0 Å². The lowest BCUT2D eigenvalue weighted by Crippen LogP contribution is -2.19. The standard InChI is InChI=1S/C19H15FN4OS/c1-11(21-14-9-7-13(20)8-10-14)17-12(2)23-24(18(17)25)19-22-15-5-3-4-6-16(15)26-19/h3-10,23H,1-2H3. The zero-order chi connectivity index (χ0) is 18.3. The Balaban J connectivity index is 1.79. The second-order valence-electron chi connectivity index (χ2n) is 5.89. The Morgan fingerprint density at radius 3 is 2.65 bits per heavy atom. The minimum atomic E-state index is -0.322. The molecular weight excluding hydrogens is 351 g/mol. The number of hydrogen-bond donors (Lipinski definition) is 1. The van der Waals surface area contributed by atoms with Gasteiger partial charge in [0.05, 0.1) is 27.2 Å². The van der Waals surface area contributed by atoms with Crippen molar-refractivity contribution in [2.24, 2.45) is 4.99 Å². The van der Waals surface area contributed by atoms with Crippen molar-refractivity contribution in [3.63, 3.8) is 0 Å². The first kappa shape index (κ1) is 16.4. The number of H-pyrrole nitrogens is 1. The van der Waals surface area contributed by atoms with Crippen LogP contribution < -0.4 is 5.56 Å². The Hall–Kier alpha value is -3.06. The predicted octanol–water partition coefficient (Wildman–Crippen LogP) is 4.36. The molecule has 5 nitrogen and oxygen atoms in total. The van der Waals surface area contributed by atoms with Gasteiger partial charge in [0, 0.05) is 5.69 Å². The second kappa shape index (κ2) is 6.34. The summed E-state index contributed by atoms with van der Waals surface area (Å²) in [5.74, 6) is -0.322. The highest BCUT2D eigenvalue weighted by atomic mass is 32.1. The first-order valence-corrected chi connectivity index (χ1v) is 8.83. The van der Waals surface area contributed by atoms with E-state index in [9.17, 15) is 9.18 Å². The van der Waals surface area contributed by atoms with Gasteiger partial charge in [0.15, 0.2) is 0 Å². The van der Waals surface area contributed by atoms with Crippen LogP contribution >= 0.6 is 11.3 Å². The summed E-state index contributed by atoms with van der Waals surface area (Å²) < 4.78 is 15.5. The molecule has 0 unspecified atom stereocenters. The number of halogens is 1. The van der Waals surface area contributed by atoms with Crippen LogP contribution in [0.25, 0.3) is 15.3 Å². The number of hydrogen-bond acceptors (Lipinski definition) is 4. The summed E-state index contributed by atoms with van der Waals surface area (Å²) in [6.45, 7) is 3.59. The van der Waals surface area contributed by atoms with E-state index in [4.69, 9.17) is 0 Å². The van der Waals surface area contributed by atoms with E-state index in [1.807, 2.05) is 31.2 Å². The highest BCUT2D eigenvalue weighted by molar-refractivity contribution is 7.20. The lowest BCUT2D eigenvalue weighted by atomic mass is 10.2. The van der Waals surface area contributed by atoms with Gasteiger partial charge in [0.1, 0.15) is 5.82 Å². The number of benzene rings is 2. The van der Waals surface area contributed by atoms with Gasteiger partial charge in [-0.1, -0.05) is 23.5 Å². The molecule has 0 saturated carbocycles. The molecule has 0 radical (unpaired) electrons. The highest BCUT2D eigenvalue weighted by Gasteiger charge is 2.17. The van der Waals surface area contributed by atoms with E-state index in [1.54, 1.807) is 19.1 Å². The minimum absolute atomic E-state index is 0.204. The van der Waals surface area contributed by atoms with Gasteiger partial charge in [0.2, 0.25) is 5.13 Å². The largest absolute Gasteiger partial charge is 0.293 e. The molecule has 7 heteroatoms. The fourth-order valence-electron chi connectivity index (χ4n) is 2.83. The van der Waals surface area contributed by atoms with Crippen LogP contribution in [0.4, 0.5) is 10.1 Å². The predicted molar refractivity (Wildman–Crippen MR) is 103 cm³/mol. The minimum Gasteiger partial charge on any atom is -0.293 e. The fourth-order valence-corrected chi connectivity index (χ4v) is 3.75. The molecule has 0 bridgehead atoms. The third-order valence-corrected chi connectivity index (χ3v) is 5.05. The number of thiazole rings is 1. The molecule has 0 fully saturated rings. The first-order chi connectivity index (χ1) is 12.5. The number of rotatable bonds is 3.